The van der Waals surface area contributed by atoms with Gasteiger partial charge in [0.25, 0.3) is 5.91 Å². The van der Waals surface area contributed by atoms with Gasteiger partial charge in [-0.05, 0) is 42.7 Å². The molecule has 25 heavy (non-hydrogen) atoms. The Morgan fingerprint density at radius 1 is 1.08 bits per heavy atom. The first-order chi connectivity index (χ1) is 11.5. The third-order valence-electron chi connectivity index (χ3n) is 5.00. The minimum absolute atomic E-state index is 0.110. The molecule has 0 atom stereocenters. The monoisotopic (exact) mass is 340 g/mol. The van der Waals surface area contributed by atoms with Crippen LogP contribution in [0.5, 0.6) is 0 Å². The largest absolute Gasteiger partial charge is 0.366 e. The van der Waals surface area contributed by atoms with E-state index in [1.54, 1.807) is 0 Å². The van der Waals surface area contributed by atoms with Gasteiger partial charge in [0.15, 0.2) is 0 Å². The molecule has 1 heterocycles. The van der Waals surface area contributed by atoms with Crippen LogP contribution in [0.3, 0.4) is 0 Å². The van der Waals surface area contributed by atoms with Crippen molar-refractivity contribution in [3.8, 4) is 11.1 Å². The van der Waals surface area contributed by atoms with Gasteiger partial charge in [0, 0.05) is 23.5 Å². The van der Waals surface area contributed by atoms with Crippen LogP contribution < -0.4 is 5.73 Å². The van der Waals surface area contributed by atoms with Gasteiger partial charge in [-0.1, -0.05) is 58.9 Å². The molecule has 0 aliphatic heterocycles. The Morgan fingerprint density at radius 3 is 2.08 bits per heavy atom. The van der Waals surface area contributed by atoms with Crippen molar-refractivity contribution in [3.05, 3.63) is 46.8 Å². The van der Waals surface area contributed by atoms with E-state index in [0.717, 1.165) is 35.5 Å². The second-order valence-electron chi connectivity index (χ2n) is 8.45. The van der Waals surface area contributed by atoms with Crippen molar-refractivity contribution in [2.24, 2.45) is 11.7 Å². The molecule has 0 aliphatic carbocycles. The summed E-state index contributed by atoms with van der Waals surface area (Å²) < 4.78 is 2.24. The summed E-state index contributed by atoms with van der Waals surface area (Å²) in [6.45, 7) is 16.0. The fourth-order valence-corrected chi connectivity index (χ4v) is 3.40. The molecular formula is C22H32N2O. The SMILES string of the molecule is Cc1c(C(N)=O)c(-c2ccc(C(C)(C)C)cc2)c(C)n1CCC(C)C. The van der Waals surface area contributed by atoms with E-state index in [1.165, 1.54) is 5.56 Å². The Kier molecular flexibility index (Phi) is 5.46. The van der Waals surface area contributed by atoms with Crippen molar-refractivity contribution < 1.29 is 4.79 Å². The number of carbonyl (C=O) groups excluding carboxylic acids is 1. The van der Waals surface area contributed by atoms with Crippen LogP contribution in [0.4, 0.5) is 0 Å². The lowest BCUT2D eigenvalue weighted by molar-refractivity contribution is 0.1000. The first kappa shape index (κ1) is 19.3. The van der Waals surface area contributed by atoms with Crippen LogP contribution in [0.1, 0.15) is 68.3 Å². The maximum atomic E-state index is 12.2. The maximum absolute atomic E-state index is 12.2. The Hall–Kier alpha value is -2.03. The van der Waals surface area contributed by atoms with E-state index in [0.29, 0.717) is 11.5 Å². The lowest BCUT2D eigenvalue weighted by Crippen LogP contribution is -2.14. The summed E-state index contributed by atoms with van der Waals surface area (Å²) in [6.07, 6.45) is 1.08. The van der Waals surface area contributed by atoms with Crippen molar-refractivity contribution in [2.75, 3.05) is 0 Å². The molecule has 0 aliphatic rings. The molecule has 1 amide bonds. The minimum Gasteiger partial charge on any atom is -0.366 e. The number of nitrogens with two attached hydrogens (primary N) is 1. The zero-order chi connectivity index (χ0) is 18.9. The number of aromatic nitrogens is 1. The molecular weight excluding hydrogens is 308 g/mol. The highest BCUT2D eigenvalue weighted by atomic mass is 16.1. The number of rotatable bonds is 5. The Balaban J connectivity index is 2.56. The summed E-state index contributed by atoms with van der Waals surface area (Å²) in [6, 6.07) is 8.53. The fraction of sp³-hybridized carbons (Fsp3) is 0.500. The highest BCUT2D eigenvalue weighted by Crippen LogP contribution is 2.34. The van der Waals surface area contributed by atoms with Gasteiger partial charge >= 0.3 is 0 Å². The van der Waals surface area contributed by atoms with Gasteiger partial charge in [0.1, 0.15) is 0 Å². The van der Waals surface area contributed by atoms with Crippen LogP contribution in [-0.4, -0.2) is 10.5 Å². The van der Waals surface area contributed by atoms with Crippen molar-refractivity contribution in [1.29, 1.82) is 0 Å². The van der Waals surface area contributed by atoms with Gasteiger partial charge in [-0.2, -0.15) is 0 Å². The van der Waals surface area contributed by atoms with E-state index in [1.807, 2.05) is 6.92 Å². The van der Waals surface area contributed by atoms with Crippen molar-refractivity contribution in [3.63, 3.8) is 0 Å². The number of primary amides is 1. The molecule has 0 unspecified atom stereocenters. The lowest BCUT2D eigenvalue weighted by Gasteiger charge is -2.19. The van der Waals surface area contributed by atoms with Crippen LogP contribution in [0.2, 0.25) is 0 Å². The second-order valence-corrected chi connectivity index (χ2v) is 8.45. The lowest BCUT2D eigenvalue weighted by atomic mass is 9.86. The summed E-state index contributed by atoms with van der Waals surface area (Å²) in [7, 11) is 0. The number of amides is 1. The van der Waals surface area contributed by atoms with Crippen LogP contribution in [0, 0.1) is 19.8 Å². The molecule has 2 rings (SSSR count). The van der Waals surface area contributed by atoms with Crippen molar-refractivity contribution in [2.45, 2.75) is 66.8 Å². The first-order valence-electron chi connectivity index (χ1n) is 9.14. The molecule has 136 valence electrons. The third kappa shape index (κ3) is 3.97. The van der Waals surface area contributed by atoms with Gasteiger partial charge in [0.2, 0.25) is 0 Å². The fourth-order valence-electron chi connectivity index (χ4n) is 3.40. The van der Waals surface area contributed by atoms with E-state index >= 15 is 0 Å². The summed E-state index contributed by atoms with van der Waals surface area (Å²) in [5, 5.41) is 0. The summed E-state index contributed by atoms with van der Waals surface area (Å²) in [4.78, 5) is 12.2. The molecule has 0 saturated carbocycles. The predicted molar refractivity (Wildman–Crippen MR) is 106 cm³/mol. The van der Waals surface area contributed by atoms with E-state index in [9.17, 15) is 4.79 Å². The zero-order valence-electron chi connectivity index (χ0n) is 16.7. The molecule has 2 N–H and O–H groups in total. The number of nitrogens with zero attached hydrogens (tertiary/aromatic N) is 1. The third-order valence-corrected chi connectivity index (χ3v) is 5.00. The maximum Gasteiger partial charge on any atom is 0.251 e. The number of hydrogen-bond donors (Lipinski definition) is 1. The Labute approximate surface area is 152 Å². The van der Waals surface area contributed by atoms with Gasteiger partial charge < -0.3 is 10.3 Å². The second kappa shape index (κ2) is 7.07. The Morgan fingerprint density at radius 2 is 1.64 bits per heavy atom. The molecule has 3 heteroatoms. The Bertz CT molecular complexity index is 759. The average Bonchev–Trinajstić information content (AvgIpc) is 2.75. The average molecular weight is 341 g/mol. The number of hydrogen-bond acceptors (Lipinski definition) is 1. The highest BCUT2D eigenvalue weighted by molar-refractivity contribution is 6.02. The van der Waals surface area contributed by atoms with Gasteiger partial charge in [0.05, 0.1) is 5.56 Å². The van der Waals surface area contributed by atoms with Gasteiger partial charge in [-0.15, -0.1) is 0 Å². The quantitative estimate of drug-likeness (QED) is 0.797. The number of carbonyl (C=O) groups is 1. The molecule has 0 fully saturated rings. The molecule has 2 aromatic rings. The summed E-state index contributed by atoms with van der Waals surface area (Å²) >= 11 is 0. The van der Waals surface area contributed by atoms with E-state index < -0.39 is 0 Å². The summed E-state index contributed by atoms with van der Waals surface area (Å²) in [5.74, 6) is 0.270. The van der Waals surface area contributed by atoms with Crippen molar-refractivity contribution >= 4 is 5.91 Å². The van der Waals surface area contributed by atoms with Gasteiger partial charge in [-0.25, -0.2) is 0 Å². The molecule has 0 saturated heterocycles. The minimum atomic E-state index is -0.348. The van der Waals surface area contributed by atoms with Crippen LogP contribution in [0.25, 0.3) is 11.1 Å². The predicted octanol–water partition coefficient (Wildman–Crippen LogP) is 5.21. The van der Waals surface area contributed by atoms with Crippen LogP contribution >= 0.6 is 0 Å². The molecule has 1 aromatic carbocycles. The van der Waals surface area contributed by atoms with E-state index in [2.05, 4.69) is 70.4 Å². The summed E-state index contributed by atoms with van der Waals surface area (Å²) in [5.41, 5.74) is 11.9. The smallest absolute Gasteiger partial charge is 0.251 e. The zero-order valence-corrected chi connectivity index (χ0v) is 16.7. The molecule has 0 radical (unpaired) electrons. The molecule has 3 nitrogen and oxygen atoms in total. The molecule has 1 aromatic heterocycles. The van der Waals surface area contributed by atoms with Crippen LogP contribution in [-0.2, 0) is 12.0 Å². The molecule has 0 bridgehead atoms. The standard InChI is InChI=1S/C22H32N2O/c1-14(2)12-13-24-15(3)19(20(16(24)4)21(23)25)17-8-10-18(11-9-17)22(5,6)7/h8-11,14H,12-13H2,1-7H3,(H2,23,25). The number of benzene rings is 1. The van der Waals surface area contributed by atoms with Crippen molar-refractivity contribution in [1.82, 2.24) is 4.57 Å². The van der Waals surface area contributed by atoms with E-state index in [4.69, 9.17) is 5.73 Å². The van der Waals surface area contributed by atoms with E-state index in [-0.39, 0.29) is 11.3 Å². The normalized spacial score (nSPS) is 12.0. The first-order valence-corrected chi connectivity index (χ1v) is 9.14. The topological polar surface area (TPSA) is 48.0 Å². The van der Waals surface area contributed by atoms with Gasteiger partial charge in [-0.3, -0.25) is 4.79 Å². The molecule has 0 spiro atoms. The highest BCUT2D eigenvalue weighted by Gasteiger charge is 2.23. The van der Waals surface area contributed by atoms with Crippen LogP contribution in [0.15, 0.2) is 24.3 Å².